The summed E-state index contributed by atoms with van der Waals surface area (Å²) < 4.78 is 0. The van der Waals surface area contributed by atoms with Crippen LogP contribution in [0.25, 0.3) is 0 Å². The summed E-state index contributed by atoms with van der Waals surface area (Å²) in [6.07, 6.45) is 0. The molecule has 6 heteroatoms. The molecule has 0 atom stereocenters. The second-order valence-corrected chi connectivity index (χ2v) is 0. The summed E-state index contributed by atoms with van der Waals surface area (Å²) in [5.74, 6) is 0. The number of hydrogen-bond acceptors (Lipinski definition) is 0. The Hall–Kier alpha value is 2.76. The second-order valence-electron chi connectivity index (χ2n) is 0. The predicted octanol–water partition coefficient (Wildman–Crippen LogP) is 1.68. The van der Waals surface area contributed by atoms with Gasteiger partial charge in [-0.2, -0.15) is 0 Å². The fourth-order valence-corrected chi connectivity index (χ4v) is 0. The van der Waals surface area contributed by atoms with Crippen LogP contribution in [0.15, 0.2) is 0 Å². The first-order valence-electron chi connectivity index (χ1n) is 0. The molecule has 0 rings (SSSR count). The molecule has 0 unspecified atom stereocenters. The van der Waals surface area contributed by atoms with Crippen molar-refractivity contribution in [2.24, 2.45) is 0 Å². The van der Waals surface area contributed by atoms with Crippen molar-refractivity contribution in [1.29, 1.82) is 0 Å². The molecular formula is H4Cl4TiZr. The van der Waals surface area contributed by atoms with Gasteiger partial charge in [0.1, 0.15) is 0 Å². The first kappa shape index (κ1) is 69.3. The fraction of sp³-hybridized carbons (Fsp3) is 0. The van der Waals surface area contributed by atoms with E-state index in [1.165, 1.54) is 0 Å². The molecule has 0 aromatic carbocycles. The van der Waals surface area contributed by atoms with Gasteiger partial charge >= 0.3 is 0 Å². The number of halogens is 4. The van der Waals surface area contributed by atoms with Crippen molar-refractivity contribution in [2.45, 2.75) is 0 Å². The summed E-state index contributed by atoms with van der Waals surface area (Å²) in [5.41, 5.74) is 0. The van der Waals surface area contributed by atoms with Crippen LogP contribution in [0, 0.1) is 0 Å². The van der Waals surface area contributed by atoms with Gasteiger partial charge in [0.15, 0.2) is 0 Å². The number of hydrogen-bond donors (Lipinski definition) is 0. The van der Waals surface area contributed by atoms with Gasteiger partial charge in [-0.05, 0) is 0 Å². The van der Waals surface area contributed by atoms with Gasteiger partial charge in [0.05, 0.1) is 0 Å². The zero-order chi connectivity index (χ0) is 0. The van der Waals surface area contributed by atoms with Crippen molar-refractivity contribution in [1.82, 2.24) is 0 Å². The maximum Gasteiger partial charge on any atom is 0 e. The summed E-state index contributed by atoms with van der Waals surface area (Å²) in [5, 5.41) is 0. The van der Waals surface area contributed by atoms with Crippen LogP contribution in [0.2, 0.25) is 0 Å². The molecule has 0 radical (unpaired) electrons. The maximum atomic E-state index is 0. The Kier molecular flexibility index (Phi) is 538. The molecule has 0 aliphatic carbocycles. The van der Waals surface area contributed by atoms with E-state index >= 15 is 0 Å². The van der Waals surface area contributed by atoms with Gasteiger partial charge in [-0.3, -0.25) is 0 Å². The van der Waals surface area contributed by atoms with E-state index in [0.29, 0.717) is 0 Å². The van der Waals surface area contributed by atoms with Crippen molar-refractivity contribution in [2.75, 3.05) is 0 Å². The molecule has 0 saturated carbocycles. The minimum atomic E-state index is 0. The van der Waals surface area contributed by atoms with Crippen LogP contribution in [-0.2, 0) is 47.9 Å². The van der Waals surface area contributed by atoms with Gasteiger partial charge in [0, 0.05) is 47.9 Å². The molecule has 40 valence electrons. The van der Waals surface area contributed by atoms with Crippen LogP contribution in [0.5, 0.6) is 0 Å². The normalized spacial score (nSPS) is 0. The molecule has 0 spiro atoms. The second kappa shape index (κ2) is 46.6. The van der Waals surface area contributed by atoms with E-state index in [0.717, 1.165) is 0 Å². The summed E-state index contributed by atoms with van der Waals surface area (Å²) in [7, 11) is 0. The average molecular weight is 285 g/mol. The molecule has 0 aliphatic rings. The van der Waals surface area contributed by atoms with E-state index in [2.05, 4.69) is 0 Å². The van der Waals surface area contributed by atoms with Crippen molar-refractivity contribution in [3.8, 4) is 0 Å². The molecule has 0 fully saturated rings. The Morgan fingerprint density at radius 2 is 0.500 bits per heavy atom. The minimum absolute atomic E-state index is 0. The van der Waals surface area contributed by atoms with Crippen LogP contribution in [0.1, 0.15) is 0 Å². The average Bonchev–Trinajstić information content (AvgIpc) is 0. The molecule has 0 amide bonds. The Morgan fingerprint density at radius 3 is 0.500 bits per heavy atom. The van der Waals surface area contributed by atoms with E-state index in [9.17, 15) is 0 Å². The molecule has 6 heavy (non-hydrogen) atoms. The molecule has 0 aromatic heterocycles. The van der Waals surface area contributed by atoms with Gasteiger partial charge in [-0.15, -0.1) is 49.6 Å². The molecule has 0 bridgehead atoms. The predicted molar refractivity (Wildman–Crippen MR) is 29.0 cm³/mol. The largest absolute Gasteiger partial charge is 0.147 e. The summed E-state index contributed by atoms with van der Waals surface area (Å²) in [6.45, 7) is 0. The van der Waals surface area contributed by atoms with E-state index in [4.69, 9.17) is 0 Å². The zero-order valence-corrected chi connectivity index (χ0v) is 9.92. The molecule has 0 saturated heterocycles. The smallest absolute Gasteiger partial charge is 0 e. The van der Waals surface area contributed by atoms with Crippen molar-refractivity contribution >= 4 is 49.6 Å². The van der Waals surface area contributed by atoms with Gasteiger partial charge < -0.3 is 0 Å². The third kappa shape index (κ3) is 29.5. The fourth-order valence-electron chi connectivity index (χ4n) is 0. The van der Waals surface area contributed by atoms with Crippen LogP contribution in [0.3, 0.4) is 0 Å². The van der Waals surface area contributed by atoms with Crippen LogP contribution < -0.4 is 0 Å². The van der Waals surface area contributed by atoms with E-state index in [-0.39, 0.29) is 97.5 Å². The number of rotatable bonds is 0. The van der Waals surface area contributed by atoms with Gasteiger partial charge in [-0.1, -0.05) is 0 Å². The van der Waals surface area contributed by atoms with Gasteiger partial charge in [0.2, 0.25) is 0 Å². The maximum absolute atomic E-state index is 0. The Balaban J connectivity index is 0. The Morgan fingerprint density at radius 1 is 0.500 bits per heavy atom. The molecule has 0 aliphatic heterocycles. The van der Waals surface area contributed by atoms with Crippen LogP contribution >= 0.6 is 49.6 Å². The standard InChI is InChI=1S/4ClH.Ti.Zr/h4*1H;;. The molecule has 0 N–H and O–H groups in total. The topological polar surface area (TPSA) is 0 Å². The Bertz CT molecular complexity index is 7.51. The van der Waals surface area contributed by atoms with Crippen molar-refractivity contribution < 1.29 is 47.9 Å². The molecule has 0 nitrogen and oxygen atoms in total. The van der Waals surface area contributed by atoms with Crippen LogP contribution in [0.4, 0.5) is 0 Å². The third-order valence-corrected chi connectivity index (χ3v) is 0. The van der Waals surface area contributed by atoms with Crippen molar-refractivity contribution in [3.05, 3.63) is 0 Å². The quantitative estimate of drug-likeness (QED) is 0.594. The Labute approximate surface area is 96.2 Å². The minimum Gasteiger partial charge on any atom is -0.147 e. The van der Waals surface area contributed by atoms with Gasteiger partial charge in [0.25, 0.3) is 0 Å². The molecular weight excluding hydrogens is 281 g/mol. The molecule has 0 aromatic rings. The van der Waals surface area contributed by atoms with E-state index in [1.54, 1.807) is 0 Å². The van der Waals surface area contributed by atoms with Gasteiger partial charge in [-0.25, -0.2) is 0 Å². The zero-order valence-electron chi connectivity index (χ0n) is 2.63. The van der Waals surface area contributed by atoms with E-state index in [1.807, 2.05) is 0 Å². The SMILES string of the molecule is Cl.Cl.Cl.Cl.[Ti].[Zr]. The monoisotopic (exact) mass is 282 g/mol. The first-order chi connectivity index (χ1) is 0. The summed E-state index contributed by atoms with van der Waals surface area (Å²) in [4.78, 5) is 0. The first-order valence-corrected chi connectivity index (χ1v) is 0. The van der Waals surface area contributed by atoms with E-state index < -0.39 is 0 Å². The summed E-state index contributed by atoms with van der Waals surface area (Å²) in [6, 6.07) is 0. The van der Waals surface area contributed by atoms with Crippen LogP contribution in [-0.4, -0.2) is 0 Å². The summed E-state index contributed by atoms with van der Waals surface area (Å²) >= 11 is 0. The molecule has 0 heterocycles. The third-order valence-electron chi connectivity index (χ3n) is 0. The van der Waals surface area contributed by atoms with Crippen molar-refractivity contribution in [3.63, 3.8) is 0 Å².